The second-order valence-electron chi connectivity index (χ2n) is 4.71. The standard InChI is InChI=1S/C16H14ClFNO4S/c1-3-24(21,22)19(15-9-6-12(18)10-14(15)17)16(20)11-4-7-13(23-2)8-5-11/h4-5,7-10H,3H2,1-2H3. The molecule has 0 aliphatic rings. The normalized spacial score (nSPS) is 11.2. The van der Waals surface area contributed by atoms with E-state index in [0.29, 0.717) is 10.1 Å². The van der Waals surface area contributed by atoms with Gasteiger partial charge < -0.3 is 4.74 Å². The van der Waals surface area contributed by atoms with E-state index in [4.69, 9.17) is 16.3 Å². The number of nitrogens with zero attached hydrogens (tertiary/aromatic N) is 1. The summed E-state index contributed by atoms with van der Waals surface area (Å²) >= 11 is 5.93. The highest BCUT2D eigenvalue weighted by atomic mass is 35.5. The topological polar surface area (TPSA) is 63.7 Å². The first-order chi connectivity index (χ1) is 11.3. The highest BCUT2D eigenvalue weighted by molar-refractivity contribution is 7.93. The molecule has 0 N–H and O–H groups in total. The number of carbonyl (C=O) groups is 1. The lowest BCUT2D eigenvalue weighted by Gasteiger charge is -2.23. The van der Waals surface area contributed by atoms with Gasteiger partial charge in [0, 0.05) is 11.6 Å². The van der Waals surface area contributed by atoms with Crippen molar-refractivity contribution in [2.75, 3.05) is 17.2 Å². The van der Waals surface area contributed by atoms with Gasteiger partial charge >= 0.3 is 0 Å². The number of sulfonamides is 1. The molecule has 0 fully saturated rings. The molecule has 1 radical (unpaired) electrons. The molecule has 127 valence electrons. The Kier molecular flexibility index (Phi) is 5.46. The zero-order valence-electron chi connectivity index (χ0n) is 12.9. The van der Waals surface area contributed by atoms with Crippen LogP contribution in [0.2, 0.25) is 5.02 Å². The van der Waals surface area contributed by atoms with Gasteiger partial charge in [0.15, 0.2) is 0 Å². The van der Waals surface area contributed by atoms with Gasteiger partial charge in [-0.2, -0.15) is 0 Å². The lowest BCUT2D eigenvalue weighted by molar-refractivity contribution is 0.101. The number of hydrogen-bond acceptors (Lipinski definition) is 4. The summed E-state index contributed by atoms with van der Waals surface area (Å²) in [6.45, 7) is 1.39. The molecule has 0 unspecified atom stereocenters. The fourth-order valence-electron chi connectivity index (χ4n) is 1.95. The van der Waals surface area contributed by atoms with Crippen LogP contribution in [-0.4, -0.2) is 27.2 Å². The second kappa shape index (κ2) is 7.19. The third-order valence-electron chi connectivity index (χ3n) is 3.23. The van der Waals surface area contributed by atoms with Crippen LogP contribution in [0.3, 0.4) is 0 Å². The predicted octanol–water partition coefficient (Wildman–Crippen LogP) is 3.28. The average molecular weight is 371 g/mol. The van der Waals surface area contributed by atoms with Crippen molar-refractivity contribution in [1.29, 1.82) is 0 Å². The minimum Gasteiger partial charge on any atom is -0.497 e. The Morgan fingerprint density at radius 3 is 2.46 bits per heavy atom. The van der Waals surface area contributed by atoms with Crippen LogP contribution in [0.4, 0.5) is 10.1 Å². The maximum absolute atomic E-state index is 13.2. The first kappa shape index (κ1) is 18.2. The van der Waals surface area contributed by atoms with Gasteiger partial charge in [0.1, 0.15) is 11.6 Å². The number of benzene rings is 2. The zero-order chi connectivity index (χ0) is 17.9. The molecule has 0 saturated carbocycles. The summed E-state index contributed by atoms with van der Waals surface area (Å²) in [5.74, 6) is -1.37. The van der Waals surface area contributed by atoms with Gasteiger partial charge in [-0.05, 0) is 43.3 Å². The first-order valence-corrected chi connectivity index (χ1v) is 8.87. The van der Waals surface area contributed by atoms with E-state index in [1.165, 1.54) is 38.3 Å². The number of methoxy groups -OCH3 is 1. The maximum Gasteiger partial charge on any atom is 0.272 e. The Hall–Kier alpha value is -2.12. The third kappa shape index (κ3) is 3.68. The lowest BCUT2D eigenvalue weighted by Crippen LogP contribution is -2.38. The van der Waals surface area contributed by atoms with Crippen molar-refractivity contribution in [3.63, 3.8) is 0 Å². The maximum atomic E-state index is 13.2. The van der Waals surface area contributed by atoms with Gasteiger partial charge in [0.05, 0.1) is 23.6 Å². The van der Waals surface area contributed by atoms with E-state index < -0.39 is 21.7 Å². The summed E-state index contributed by atoms with van der Waals surface area (Å²) in [5.41, 5.74) is -0.0334. The molecule has 2 aromatic carbocycles. The minimum absolute atomic E-state index is 0.119. The fraction of sp³-hybridized carbons (Fsp3) is 0.188. The molecule has 24 heavy (non-hydrogen) atoms. The van der Waals surface area contributed by atoms with Crippen LogP contribution in [0, 0.1) is 11.9 Å². The molecule has 0 heterocycles. The number of ether oxygens (including phenoxy) is 1. The summed E-state index contributed by atoms with van der Waals surface area (Å²) in [4.78, 5) is 12.7. The SMILES string of the molecule is CCS(=O)(=O)N(C(=O)c1ccc(OC)cc1)c1c[c]c(F)cc1Cl. The van der Waals surface area contributed by atoms with Crippen LogP contribution in [0.25, 0.3) is 0 Å². The van der Waals surface area contributed by atoms with E-state index in [-0.39, 0.29) is 22.0 Å². The smallest absolute Gasteiger partial charge is 0.272 e. The lowest BCUT2D eigenvalue weighted by atomic mass is 10.2. The Balaban J connectivity index is 2.56. The quantitative estimate of drug-likeness (QED) is 0.810. The highest BCUT2D eigenvalue weighted by Crippen LogP contribution is 2.30. The zero-order valence-corrected chi connectivity index (χ0v) is 14.5. The van der Waals surface area contributed by atoms with Gasteiger partial charge in [-0.3, -0.25) is 4.79 Å². The first-order valence-electron chi connectivity index (χ1n) is 6.88. The van der Waals surface area contributed by atoms with E-state index in [9.17, 15) is 17.6 Å². The van der Waals surface area contributed by atoms with Crippen molar-refractivity contribution in [2.45, 2.75) is 6.92 Å². The van der Waals surface area contributed by atoms with Gasteiger partial charge in [-0.25, -0.2) is 17.1 Å². The molecule has 8 heteroatoms. The molecule has 2 aromatic rings. The third-order valence-corrected chi connectivity index (χ3v) is 5.18. The van der Waals surface area contributed by atoms with E-state index in [0.717, 1.165) is 12.1 Å². The van der Waals surface area contributed by atoms with Gasteiger partial charge in [0.25, 0.3) is 5.91 Å². The Labute approximate surface area is 144 Å². The summed E-state index contributed by atoms with van der Waals surface area (Å²) < 4.78 is 43.5. The van der Waals surface area contributed by atoms with Crippen molar-refractivity contribution >= 4 is 33.2 Å². The van der Waals surface area contributed by atoms with E-state index in [1.807, 2.05) is 0 Å². The van der Waals surface area contributed by atoms with Crippen LogP contribution in [0.15, 0.2) is 36.4 Å². The number of anilines is 1. The van der Waals surface area contributed by atoms with Gasteiger partial charge in [0.2, 0.25) is 10.0 Å². The summed E-state index contributed by atoms with van der Waals surface area (Å²) in [6, 6.07) is 10.1. The molecule has 0 saturated heterocycles. The summed E-state index contributed by atoms with van der Waals surface area (Å²) in [6.07, 6.45) is 0. The highest BCUT2D eigenvalue weighted by Gasteiger charge is 2.30. The van der Waals surface area contributed by atoms with Crippen LogP contribution >= 0.6 is 11.6 Å². The Bertz CT molecular complexity index is 853. The summed E-state index contributed by atoms with van der Waals surface area (Å²) in [7, 11) is -2.52. The van der Waals surface area contributed by atoms with Gasteiger partial charge in [-0.1, -0.05) is 11.6 Å². The van der Waals surface area contributed by atoms with E-state index >= 15 is 0 Å². The number of halogens is 2. The largest absolute Gasteiger partial charge is 0.497 e. The molecule has 0 aliphatic carbocycles. The number of amides is 1. The van der Waals surface area contributed by atoms with Crippen molar-refractivity contribution in [1.82, 2.24) is 0 Å². The van der Waals surface area contributed by atoms with Crippen molar-refractivity contribution in [3.8, 4) is 5.75 Å². The predicted molar refractivity (Wildman–Crippen MR) is 89.5 cm³/mol. The van der Waals surface area contributed by atoms with Crippen LogP contribution in [0.5, 0.6) is 5.75 Å². The molecule has 5 nitrogen and oxygen atoms in total. The molecular weight excluding hydrogens is 357 g/mol. The number of hydrogen-bond donors (Lipinski definition) is 0. The molecular formula is C16H14ClFNO4S. The Morgan fingerprint density at radius 1 is 1.33 bits per heavy atom. The molecule has 1 amide bonds. The van der Waals surface area contributed by atoms with Gasteiger partial charge in [-0.15, -0.1) is 0 Å². The molecule has 2 rings (SSSR count). The molecule has 0 aliphatic heterocycles. The van der Waals surface area contributed by atoms with E-state index in [1.54, 1.807) is 0 Å². The number of carbonyl (C=O) groups excluding carboxylic acids is 1. The Morgan fingerprint density at radius 2 is 1.96 bits per heavy atom. The molecule has 0 aromatic heterocycles. The van der Waals surface area contributed by atoms with Crippen LogP contribution in [0.1, 0.15) is 17.3 Å². The second-order valence-corrected chi connectivity index (χ2v) is 7.23. The van der Waals surface area contributed by atoms with E-state index in [2.05, 4.69) is 6.07 Å². The monoisotopic (exact) mass is 370 g/mol. The van der Waals surface area contributed by atoms with Crippen LogP contribution in [-0.2, 0) is 10.0 Å². The van der Waals surface area contributed by atoms with Crippen molar-refractivity contribution in [2.24, 2.45) is 0 Å². The molecule has 0 bridgehead atoms. The number of rotatable bonds is 5. The fourth-order valence-corrected chi connectivity index (χ4v) is 3.31. The molecule has 0 atom stereocenters. The van der Waals surface area contributed by atoms with Crippen LogP contribution < -0.4 is 9.04 Å². The minimum atomic E-state index is -3.99. The molecule has 0 spiro atoms. The summed E-state index contributed by atoms with van der Waals surface area (Å²) in [5, 5.41) is -0.204. The van der Waals surface area contributed by atoms with Crippen molar-refractivity contribution < 1.29 is 22.3 Å². The average Bonchev–Trinajstić information content (AvgIpc) is 2.57. The van der Waals surface area contributed by atoms with Crippen molar-refractivity contribution in [3.05, 3.63) is 58.9 Å².